The lowest BCUT2D eigenvalue weighted by Gasteiger charge is -2.14. The second-order valence-electron chi connectivity index (χ2n) is 5.05. The summed E-state index contributed by atoms with van der Waals surface area (Å²) < 4.78 is 5.83. The molecule has 2 rings (SSSR count). The average molecular weight is 301 g/mol. The molecular formula is C18H23NOS. The van der Waals surface area contributed by atoms with Crippen LogP contribution < -0.4 is 10.1 Å². The number of rotatable bonds is 7. The van der Waals surface area contributed by atoms with Crippen LogP contribution in [0.1, 0.15) is 24.5 Å². The fourth-order valence-corrected chi connectivity index (χ4v) is 2.46. The maximum atomic E-state index is 5.83. The molecule has 0 bridgehead atoms. The van der Waals surface area contributed by atoms with Crippen molar-refractivity contribution in [2.24, 2.45) is 0 Å². The van der Waals surface area contributed by atoms with Crippen molar-refractivity contribution in [3.05, 3.63) is 53.6 Å². The van der Waals surface area contributed by atoms with Crippen molar-refractivity contribution >= 4 is 17.4 Å². The lowest BCUT2D eigenvalue weighted by molar-refractivity contribution is 0.318. The van der Waals surface area contributed by atoms with Crippen LogP contribution in [0.3, 0.4) is 0 Å². The third-order valence-corrected chi connectivity index (χ3v) is 3.98. The molecular weight excluding hydrogens is 278 g/mol. The van der Waals surface area contributed by atoms with E-state index in [0.29, 0.717) is 0 Å². The third kappa shape index (κ3) is 4.71. The molecule has 0 fully saturated rings. The van der Waals surface area contributed by atoms with Crippen LogP contribution in [0, 0.1) is 6.92 Å². The van der Waals surface area contributed by atoms with Crippen molar-refractivity contribution in [1.82, 2.24) is 0 Å². The van der Waals surface area contributed by atoms with Gasteiger partial charge in [-0.25, -0.2) is 0 Å². The van der Waals surface area contributed by atoms with E-state index in [0.717, 1.165) is 31.0 Å². The van der Waals surface area contributed by atoms with E-state index in [1.807, 2.05) is 0 Å². The summed E-state index contributed by atoms with van der Waals surface area (Å²) in [5.41, 5.74) is 3.55. The summed E-state index contributed by atoms with van der Waals surface area (Å²) in [7, 11) is 0. The van der Waals surface area contributed by atoms with E-state index >= 15 is 0 Å². The maximum Gasteiger partial charge on any atom is 0.142 e. The van der Waals surface area contributed by atoms with E-state index < -0.39 is 0 Å². The first-order valence-electron chi connectivity index (χ1n) is 7.33. The highest BCUT2D eigenvalue weighted by molar-refractivity contribution is 7.98. The Kier molecular flexibility index (Phi) is 6.00. The molecule has 21 heavy (non-hydrogen) atoms. The van der Waals surface area contributed by atoms with Crippen molar-refractivity contribution in [3.8, 4) is 5.75 Å². The van der Waals surface area contributed by atoms with Crippen LogP contribution in [0.5, 0.6) is 5.75 Å². The predicted molar refractivity (Wildman–Crippen MR) is 92.5 cm³/mol. The van der Waals surface area contributed by atoms with Crippen LogP contribution in [0.15, 0.2) is 47.4 Å². The van der Waals surface area contributed by atoms with Gasteiger partial charge in [0.25, 0.3) is 0 Å². The standard InChI is InChI=1S/C18H23NOS/c1-4-11-20-18-12-14(2)5-10-17(18)19-13-15-6-8-16(21-3)9-7-15/h5-10,12,19H,4,11,13H2,1-3H3. The molecule has 1 N–H and O–H groups in total. The van der Waals surface area contributed by atoms with Crippen LogP contribution >= 0.6 is 11.8 Å². The number of ether oxygens (including phenoxy) is 1. The van der Waals surface area contributed by atoms with E-state index in [-0.39, 0.29) is 0 Å². The smallest absolute Gasteiger partial charge is 0.142 e. The maximum absolute atomic E-state index is 5.83. The molecule has 2 aromatic carbocycles. The first-order chi connectivity index (χ1) is 10.2. The topological polar surface area (TPSA) is 21.3 Å². The summed E-state index contributed by atoms with van der Waals surface area (Å²) in [5.74, 6) is 0.942. The first kappa shape index (κ1) is 15.8. The highest BCUT2D eigenvalue weighted by Crippen LogP contribution is 2.26. The van der Waals surface area contributed by atoms with Gasteiger partial charge in [-0.3, -0.25) is 0 Å². The first-order valence-corrected chi connectivity index (χ1v) is 8.55. The van der Waals surface area contributed by atoms with Gasteiger partial charge in [-0.1, -0.05) is 25.1 Å². The van der Waals surface area contributed by atoms with Gasteiger partial charge in [0, 0.05) is 11.4 Å². The van der Waals surface area contributed by atoms with E-state index in [1.165, 1.54) is 16.0 Å². The van der Waals surface area contributed by atoms with Crippen molar-refractivity contribution in [2.45, 2.75) is 31.7 Å². The highest BCUT2D eigenvalue weighted by atomic mass is 32.2. The largest absolute Gasteiger partial charge is 0.491 e. The Bertz CT molecular complexity index is 566. The summed E-state index contributed by atoms with van der Waals surface area (Å²) in [5, 5.41) is 3.47. The molecule has 0 heterocycles. The monoisotopic (exact) mass is 301 g/mol. The SMILES string of the molecule is CCCOc1cc(C)ccc1NCc1ccc(SC)cc1. The number of thioether (sulfide) groups is 1. The molecule has 0 aliphatic heterocycles. The van der Waals surface area contributed by atoms with Crippen molar-refractivity contribution in [1.29, 1.82) is 0 Å². The number of hydrogen-bond acceptors (Lipinski definition) is 3. The van der Waals surface area contributed by atoms with Crippen molar-refractivity contribution in [2.75, 3.05) is 18.2 Å². The molecule has 0 amide bonds. The van der Waals surface area contributed by atoms with Gasteiger partial charge in [0.15, 0.2) is 0 Å². The molecule has 0 atom stereocenters. The van der Waals surface area contributed by atoms with Crippen LogP contribution in [-0.4, -0.2) is 12.9 Å². The van der Waals surface area contributed by atoms with Gasteiger partial charge in [-0.05, 0) is 55.0 Å². The minimum absolute atomic E-state index is 0.751. The minimum Gasteiger partial charge on any atom is -0.491 e. The van der Waals surface area contributed by atoms with Gasteiger partial charge in [0.05, 0.1) is 12.3 Å². The number of aryl methyl sites for hydroxylation is 1. The second-order valence-corrected chi connectivity index (χ2v) is 5.93. The summed E-state index contributed by atoms with van der Waals surface area (Å²) in [6.07, 6.45) is 3.11. The zero-order valence-electron chi connectivity index (χ0n) is 13.0. The molecule has 0 saturated heterocycles. The van der Waals surface area contributed by atoms with E-state index in [9.17, 15) is 0 Å². The Labute approximate surface area is 131 Å². The zero-order valence-corrected chi connectivity index (χ0v) is 13.8. The van der Waals surface area contributed by atoms with E-state index in [1.54, 1.807) is 11.8 Å². The third-order valence-electron chi connectivity index (χ3n) is 3.24. The molecule has 0 spiro atoms. The summed E-state index contributed by atoms with van der Waals surface area (Å²) in [6, 6.07) is 14.9. The molecule has 0 aromatic heterocycles. The molecule has 0 radical (unpaired) electrons. The molecule has 0 saturated carbocycles. The average Bonchev–Trinajstić information content (AvgIpc) is 2.52. The molecule has 0 unspecified atom stereocenters. The molecule has 0 aliphatic carbocycles. The highest BCUT2D eigenvalue weighted by Gasteiger charge is 2.04. The Morgan fingerprint density at radius 1 is 1.10 bits per heavy atom. The predicted octanol–water partition coefficient (Wildman–Crippen LogP) is 5.12. The lowest BCUT2D eigenvalue weighted by Crippen LogP contribution is -2.03. The van der Waals surface area contributed by atoms with E-state index in [4.69, 9.17) is 4.74 Å². The zero-order chi connectivity index (χ0) is 15.1. The Balaban J connectivity index is 2.04. The van der Waals surface area contributed by atoms with Gasteiger partial charge in [0.2, 0.25) is 0 Å². The normalized spacial score (nSPS) is 10.4. The summed E-state index contributed by atoms with van der Waals surface area (Å²) in [6.45, 7) is 5.76. The number of benzene rings is 2. The van der Waals surface area contributed by atoms with Crippen molar-refractivity contribution < 1.29 is 4.74 Å². The second kappa shape index (κ2) is 7.99. The van der Waals surface area contributed by atoms with Crippen LogP contribution in [0.25, 0.3) is 0 Å². The Morgan fingerprint density at radius 2 is 1.86 bits per heavy atom. The Hall–Kier alpha value is -1.61. The van der Waals surface area contributed by atoms with E-state index in [2.05, 4.69) is 67.9 Å². The lowest BCUT2D eigenvalue weighted by atomic mass is 10.2. The van der Waals surface area contributed by atoms with Gasteiger partial charge in [-0.15, -0.1) is 11.8 Å². The Morgan fingerprint density at radius 3 is 2.52 bits per heavy atom. The molecule has 2 aromatic rings. The molecule has 112 valence electrons. The molecule has 2 nitrogen and oxygen atoms in total. The van der Waals surface area contributed by atoms with Gasteiger partial charge >= 0.3 is 0 Å². The quantitative estimate of drug-likeness (QED) is 0.717. The number of anilines is 1. The fraction of sp³-hybridized carbons (Fsp3) is 0.333. The number of nitrogens with one attached hydrogen (secondary N) is 1. The van der Waals surface area contributed by atoms with Crippen LogP contribution in [-0.2, 0) is 6.54 Å². The summed E-state index contributed by atoms with van der Waals surface area (Å²) in [4.78, 5) is 1.29. The summed E-state index contributed by atoms with van der Waals surface area (Å²) >= 11 is 1.76. The van der Waals surface area contributed by atoms with Gasteiger partial charge in [-0.2, -0.15) is 0 Å². The van der Waals surface area contributed by atoms with Crippen LogP contribution in [0.4, 0.5) is 5.69 Å². The minimum atomic E-state index is 0.751. The molecule has 3 heteroatoms. The fourth-order valence-electron chi connectivity index (χ4n) is 2.05. The van der Waals surface area contributed by atoms with Crippen molar-refractivity contribution in [3.63, 3.8) is 0 Å². The van der Waals surface area contributed by atoms with Gasteiger partial charge < -0.3 is 10.1 Å². The number of hydrogen-bond donors (Lipinski definition) is 1. The van der Waals surface area contributed by atoms with Crippen LogP contribution in [0.2, 0.25) is 0 Å². The molecule has 0 aliphatic rings. The van der Waals surface area contributed by atoms with Gasteiger partial charge in [0.1, 0.15) is 5.75 Å².